The number of aryl methyl sites for hydroxylation is 1. The highest BCUT2D eigenvalue weighted by Gasteiger charge is 2.19. The van der Waals surface area contributed by atoms with Gasteiger partial charge >= 0.3 is 0 Å². The van der Waals surface area contributed by atoms with Gasteiger partial charge in [-0.05, 0) is 24.0 Å². The molecule has 0 saturated heterocycles. The third-order valence-electron chi connectivity index (χ3n) is 3.75. The van der Waals surface area contributed by atoms with Crippen molar-refractivity contribution in [3.05, 3.63) is 59.7 Å². The van der Waals surface area contributed by atoms with Crippen molar-refractivity contribution in [3.8, 4) is 0 Å². The summed E-state index contributed by atoms with van der Waals surface area (Å²) >= 11 is 0. The van der Waals surface area contributed by atoms with Gasteiger partial charge in [0.2, 0.25) is 0 Å². The van der Waals surface area contributed by atoms with E-state index in [2.05, 4.69) is 46.5 Å². The second kappa shape index (κ2) is 6.95. The molecule has 3 aromatic rings. The van der Waals surface area contributed by atoms with Crippen LogP contribution in [0.2, 0.25) is 0 Å². The number of hydrogen-bond donors (Lipinski definition) is 2. The number of carbonyl (C=O) groups is 1. The Balaban J connectivity index is 1.73. The zero-order valence-electron chi connectivity index (χ0n) is 15.2. The van der Waals surface area contributed by atoms with Crippen LogP contribution >= 0.6 is 0 Å². The molecule has 0 aliphatic carbocycles. The third kappa shape index (κ3) is 4.05. The highest BCUT2D eigenvalue weighted by Crippen LogP contribution is 2.29. The third-order valence-corrected chi connectivity index (χ3v) is 3.75. The Morgan fingerprint density at radius 1 is 1.08 bits per heavy atom. The predicted octanol–water partition coefficient (Wildman–Crippen LogP) is 4.07. The van der Waals surface area contributed by atoms with Crippen LogP contribution in [0.4, 0.5) is 17.3 Å². The Bertz CT molecular complexity index is 910. The molecule has 0 aliphatic rings. The van der Waals surface area contributed by atoms with Crippen molar-refractivity contribution in [1.29, 1.82) is 0 Å². The van der Waals surface area contributed by atoms with Crippen LogP contribution < -0.4 is 10.6 Å². The molecule has 0 atom stereocenters. The Labute approximate surface area is 151 Å². The lowest BCUT2D eigenvalue weighted by Crippen LogP contribution is -2.19. The van der Waals surface area contributed by atoms with Gasteiger partial charge in [-0.2, -0.15) is 0 Å². The van der Waals surface area contributed by atoms with Gasteiger partial charge in [-0.3, -0.25) is 4.79 Å². The van der Waals surface area contributed by atoms with E-state index in [9.17, 15) is 4.79 Å². The molecule has 26 heavy (non-hydrogen) atoms. The van der Waals surface area contributed by atoms with Crippen LogP contribution in [-0.4, -0.2) is 21.0 Å². The fraction of sp³-hybridized carbons (Fsp3) is 0.263. The first-order valence-electron chi connectivity index (χ1n) is 8.26. The number of para-hydroxylation sites is 1. The minimum absolute atomic E-state index is 0.0843. The fourth-order valence-electron chi connectivity index (χ4n) is 2.50. The molecule has 7 nitrogen and oxygen atoms in total. The first-order valence-corrected chi connectivity index (χ1v) is 8.26. The van der Waals surface area contributed by atoms with Crippen molar-refractivity contribution in [2.45, 2.75) is 33.1 Å². The predicted molar refractivity (Wildman–Crippen MR) is 99.6 cm³/mol. The number of nitrogens with one attached hydrogen (secondary N) is 2. The average molecular weight is 351 g/mol. The van der Waals surface area contributed by atoms with E-state index >= 15 is 0 Å². The molecule has 1 aromatic carbocycles. The zero-order valence-corrected chi connectivity index (χ0v) is 15.2. The molecule has 1 amide bonds. The first-order chi connectivity index (χ1) is 12.3. The quantitative estimate of drug-likeness (QED) is 0.736. The molecule has 0 unspecified atom stereocenters. The van der Waals surface area contributed by atoms with E-state index in [1.54, 1.807) is 13.0 Å². The number of carbonyl (C=O) groups excluding carboxylic acids is 1. The number of benzene rings is 1. The van der Waals surface area contributed by atoms with Gasteiger partial charge in [0.25, 0.3) is 5.91 Å². The number of amides is 1. The fourth-order valence-corrected chi connectivity index (χ4v) is 2.50. The Hall–Kier alpha value is -3.22. The van der Waals surface area contributed by atoms with E-state index in [0.29, 0.717) is 17.4 Å². The maximum absolute atomic E-state index is 12.5. The molecular formula is C19H21N5O2. The van der Waals surface area contributed by atoms with E-state index in [1.165, 1.54) is 12.4 Å². The summed E-state index contributed by atoms with van der Waals surface area (Å²) in [4.78, 5) is 20.9. The smallest absolute Gasteiger partial charge is 0.275 e. The minimum atomic E-state index is -0.307. The Kier molecular flexibility index (Phi) is 4.71. The molecule has 2 aromatic heterocycles. The molecule has 0 aliphatic heterocycles. The topological polar surface area (TPSA) is 92.9 Å². The molecule has 0 bridgehead atoms. The second-order valence-electron chi connectivity index (χ2n) is 6.98. The largest absolute Gasteiger partial charge is 0.360 e. The summed E-state index contributed by atoms with van der Waals surface area (Å²) in [5, 5.41) is 9.70. The lowest BCUT2D eigenvalue weighted by Gasteiger charge is -2.22. The molecule has 2 N–H and O–H groups in total. The first kappa shape index (κ1) is 17.6. The molecule has 0 saturated carbocycles. The van der Waals surface area contributed by atoms with Crippen molar-refractivity contribution < 1.29 is 9.32 Å². The van der Waals surface area contributed by atoms with Crippen molar-refractivity contribution in [3.63, 3.8) is 0 Å². The molecule has 0 fully saturated rings. The van der Waals surface area contributed by atoms with Crippen LogP contribution in [0.25, 0.3) is 0 Å². The molecule has 2 heterocycles. The van der Waals surface area contributed by atoms with E-state index in [4.69, 9.17) is 4.52 Å². The molecule has 7 heteroatoms. The van der Waals surface area contributed by atoms with Gasteiger partial charge in [-0.1, -0.05) is 44.1 Å². The van der Waals surface area contributed by atoms with Crippen LogP contribution in [0.15, 0.2) is 47.2 Å². The lowest BCUT2D eigenvalue weighted by atomic mass is 9.86. The van der Waals surface area contributed by atoms with Crippen molar-refractivity contribution in [2.24, 2.45) is 0 Å². The van der Waals surface area contributed by atoms with Gasteiger partial charge in [0, 0.05) is 11.8 Å². The van der Waals surface area contributed by atoms with Crippen LogP contribution in [0.5, 0.6) is 0 Å². The van der Waals surface area contributed by atoms with Gasteiger partial charge in [0.1, 0.15) is 17.3 Å². The Morgan fingerprint density at radius 2 is 1.85 bits per heavy atom. The van der Waals surface area contributed by atoms with Crippen LogP contribution in [0.3, 0.4) is 0 Å². The summed E-state index contributed by atoms with van der Waals surface area (Å²) in [6.45, 7) is 8.10. The van der Waals surface area contributed by atoms with Crippen LogP contribution in [0.1, 0.15) is 42.6 Å². The average Bonchev–Trinajstić information content (AvgIpc) is 3.00. The van der Waals surface area contributed by atoms with Crippen molar-refractivity contribution in [2.75, 3.05) is 10.6 Å². The molecule has 0 radical (unpaired) electrons. The monoisotopic (exact) mass is 351 g/mol. The van der Waals surface area contributed by atoms with Crippen LogP contribution in [0, 0.1) is 6.92 Å². The standard InChI is InChI=1S/C19H21N5O2/c1-12-9-16(24-26-12)23-17-11-20-15(10-21-17)18(25)22-14-8-6-5-7-13(14)19(2,3)4/h5-11H,1-4H3,(H,22,25)(H,21,23,24). The SMILES string of the molecule is Cc1cc(Nc2cnc(C(=O)Nc3ccccc3C(C)(C)C)cn2)no1. The highest BCUT2D eigenvalue weighted by molar-refractivity contribution is 6.03. The molecule has 134 valence electrons. The number of anilines is 3. The van der Waals surface area contributed by atoms with E-state index in [-0.39, 0.29) is 17.0 Å². The zero-order chi connectivity index (χ0) is 18.7. The van der Waals surface area contributed by atoms with Gasteiger partial charge in [0.05, 0.1) is 12.4 Å². The number of hydrogen-bond acceptors (Lipinski definition) is 6. The molecule has 0 spiro atoms. The number of nitrogens with zero attached hydrogens (tertiary/aromatic N) is 3. The summed E-state index contributed by atoms with van der Waals surface area (Å²) in [5.74, 6) is 1.39. The van der Waals surface area contributed by atoms with Gasteiger partial charge in [-0.15, -0.1) is 0 Å². The minimum Gasteiger partial charge on any atom is -0.360 e. The van der Waals surface area contributed by atoms with Gasteiger partial charge < -0.3 is 15.2 Å². The van der Waals surface area contributed by atoms with Gasteiger partial charge in [-0.25, -0.2) is 9.97 Å². The van der Waals surface area contributed by atoms with Gasteiger partial charge in [0.15, 0.2) is 5.82 Å². The van der Waals surface area contributed by atoms with Crippen molar-refractivity contribution in [1.82, 2.24) is 15.1 Å². The summed E-state index contributed by atoms with van der Waals surface area (Å²) in [7, 11) is 0. The summed E-state index contributed by atoms with van der Waals surface area (Å²) in [6.07, 6.45) is 2.90. The van der Waals surface area contributed by atoms with E-state index in [0.717, 1.165) is 11.3 Å². The Morgan fingerprint density at radius 3 is 2.46 bits per heavy atom. The summed E-state index contributed by atoms with van der Waals surface area (Å²) in [5.41, 5.74) is 1.97. The number of rotatable bonds is 4. The van der Waals surface area contributed by atoms with E-state index in [1.807, 2.05) is 24.3 Å². The van der Waals surface area contributed by atoms with Crippen LogP contribution in [-0.2, 0) is 5.41 Å². The molecular weight excluding hydrogens is 330 g/mol. The van der Waals surface area contributed by atoms with Crippen molar-refractivity contribution >= 4 is 23.2 Å². The normalized spacial score (nSPS) is 11.2. The highest BCUT2D eigenvalue weighted by atomic mass is 16.5. The second-order valence-corrected chi connectivity index (χ2v) is 6.98. The maximum atomic E-state index is 12.5. The summed E-state index contributed by atoms with van der Waals surface area (Å²) < 4.78 is 4.98. The summed E-state index contributed by atoms with van der Waals surface area (Å²) in [6, 6.07) is 9.49. The molecule has 3 rings (SSSR count). The van der Waals surface area contributed by atoms with E-state index < -0.39 is 0 Å². The lowest BCUT2D eigenvalue weighted by molar-refractivity contribution is 0.102. The maximum Gasteiger partial charge on any atom is 0.275 e. The number of aromatic nitrogens is 3.